The van der Waals surface area contributed by atoms with E-state index in [1.807, 2.05) is 48.8 Å². The molecular formula is C9H12N2. The molecule has 0 aliphatic rings. The molecule has 0 unspecified atom stereocenters. The Morgan fingerprint density at radius 2 is 2.00 bits per heavy atom. The molecule has 0 aliphatic carbocycles. The highest BCUT2D eigenvalue weighted by Gasteiger charge is 1.85. The molecule has 0 amide bonds. The van der Waals surface area contributed by atoms with E-state index in [0.29, 0.717) is 0 Å². The highest BCUT2D eigenvalue weighted by molar-refractivity contribution is 5.44. The molecule has 0 bridgehead atoms. The van der Waals surface area contributed by atoms with Crippen molar-refractivity contribution in [2.75, 3.05) is 0 Å². The zero-order valence-corrected chi connectivity index (χ0v) is 6.86. The van der Waals surface area contributed by atoms with Crippen molar-refractivity contribution >= 4 is 5.52 Å². The summed E-state index contributed by atoms with van der Waals surface area (Å²) in [5.74, 6) is 0. The van der Waals surface area contributed by atoms with Gasteiger partial charge >= 0.3 is 0 Å². The van der Waals surface area contributed by atoms with E-state index in [9.17, 15) is 0 Å². The van der Waals surface area contributed by atoms with Gasteiger partial charge in [0, 0.05) is 12.4 Å². The first-order chi connectivity index (χ1) is 5.47. The maximum Gasteiger partial charge on any atom is 0.0661 e. The molecule has 11 heavy (non-hydrogen) atoms. The molecule has 0 saturated heterocycles. The number of pyridine rings is 1. The Bertz CT molecular complexity index is 282. The maximum absolute atomic E-state index is 4.04. The van der Waals surface area contributed by atoms with E-state index in [4.69, 9.17) is 0 Å². The zero-order chi connectivity index (χ0) is 8.10. The summed E-state index contributed by atoms with van der Waals surface area (Å²) in [4.78, 5) is 0. The third-order valence-electron chi connectivity index (χ3n) is 1.31. The number of rotatable bonds is 0. The molecule has 0 atom stereocenters. The van der Waals surface area contributed by atoms with E-state index in [0.717, 1.165) is 5.52 Å². The number of aromatic nitrogens is 2. The van der Waals surface area contributed by atoms with Gasteiger partial charge in [0.25, 0.3) is 0 Å². The summed E-state index contributed by atoms with van der Waals surface area (Å²) in [5.41, 5.74) is 1.14. The van der Waals surface area contributed by atoms with Crippen LogP contribution in [0, 0.1) is 0 Å². The number of nitrogens with zero attached hydrogens (tertiary/aromatic N) is 2. The maximum atomic E-state index is 4.04. The van der Waals surface area contributed by atoms with Crippen LogP contribution in [0.5, 0.6) is 0 Å². The van der Waals surface area contributed by atoms with Crippen LogP contribution in [0.4, 0.5) is 0 Å². The van der Waals surface area contributed by atoms with Crippen molar-refractivity contribution in [2.45, 2.75) is 13.8 Å². The van der Waals surface area contributed by atoms with Gasteiger partial charge in [0.05, 0.1) is 5.52 Å². The second-order valence-electron chi connectivity index (χ2n) is 1.90. The van der Waals surface area contributed by atoms with Crippen LogP contribution in [0.25, 0.3) is 5.52 Å². The van der Waals surface area contributed by atoms with Crippen molar-refractivity contribution in [3.63, 3.8) is 0 Å². The number of hydrogen-bond donors (Lipinski definition) is 0. The van der Waals surface area contributed by atoms with E-state index in [-0.39, 0.29) is 0 Å². The van der Waals surface area contributed by atoms with Crippen molar-refractivity contribution in [1.82, 2.24) is 9.61 Å². The Labute approximate surface area is 66.5 Å². The van der Waals surface area contributed by atoms with Crippen LogP contribution in [0.3, 0.4) is 0 Å². The van der Waals surface area contributed by atoms with Gasteiger partial charge in [-0.1, -0.05) is 19.9 Å². The Balaban J connectivity index is 0.000000281. The SMILES string of the molecule is CC.c1ccn2nccc2c1. The van der Waals surface area contributed by atoms with Gasteiger partial charge in [-0.2, -0.15) is 5.10 Å². The fourth-order valence-electron chi connectivity index (χ4n) is 0.866. The lowest BCUT2D eigenvalue weighted by atomic mass is 10.4. The van der Waals surface area contributed by atoms with Crippen LogP contribution in [0.15, 0.2) is 36.7 Å². The van der Waals surface area contributed by atoms with E-state index in [1.54, 1.807) is 6.20 Å². The highest BCUT2D eigenvalue weighted by atomic mass is 15.2. The standard InChI is InChI=1S/C7H6N2.C2H6/c1-2-6-9-7(3-1)4-5-8-9;1-2/h1-6H;1-2H3. The van der Waals surface area contributed by atoms with Crippen LogP contribution >= 0.6 is 0 Å². The molecule has 0 N–H and O–H groups in total. The van der Waals surface area contributed by atoms with Gasteiger partial charge in [0.15, 0.2) is 0 Å². The van der Waals surface area contributed by atoms with Gasteiger partial charge in [0.1, 0.15) is 0 Å². The average Bonchev–Trinajstić information content (AvgIpc) is 2.55. The summed E-state index contributed by atoms with van der Waals surface area (Å²) in [5, 5.41) is 4.04. The van der Waals surface area contributed by atoms with Gasteiger partial charge in [-0.05, 0) is 18.2 Å². The molecule has 2 aromatic heterocycles. The van der Waals surface area contributed by atoms with E-state index < -0.39 is 0 Å². The summed E-state index contributed by atoms with van der Waals surface area (Å²) < 4.78 is 1.83. The summed E-state index contributed by atoms with van der Waals surface area (Å²) in [6.45, 7) is 4.00. The molecule has 2 nitrogen and oxygen atoms in total. The summed E-state index contributed by atoms with van der Waals surface area (Å²) in [7, 11) is 0. The molecule has 0 spiro atoms. The normalized spacial score (nSPS) is 8.91. The van der Waals surface area contributed by atoms with Crippen LogP contribution in [0.1, 0.15) is 13.8 Å². The zero-order valence-electron chi connectivity index (χ0n) is 6.86. The van der Waals surface area contributed by atoms with Crippen LogP contribution in [-0.2, 0) is 0 Å². The van der Waals surface area contributed by atoms with Crippen molar-refractivity contribution < 1.29 is 0 Å². The van der Waals surface area contributed by atoms with E-state index in [1.165, 1.54) is 0 Å². The Kier molecular flexibility index (Phi) is 2.66. The lowest BCUT2D eigenvalue weighted by Gasteiger charge is -1.86. The van der Waals surface area contributed by atoms with E-state index in [2.05, 4.69) is 5.10 Å². The summed E-state index contributed by atoms with van der Waals surface area (Å²) >= 11 is 0. The second-order valence-corrected chi connectivity index (χ2v) is 1.90. The Morgan fingerprint density at radius 3 is 2.73 bits per heavy atom. The van der Waals surface area contributed by atoms with Crippen LogP contribution in [-0.4, -0.2) is 9.61 Å². The molecule has 2 heterocycles. The van der Waals surface area contributed by atoms with Gasteiger partial charge in [-0.3, -0.25) is 0 Å². The molecule has 2 heteroatoms. The molecule has 0 radical (unpaired) electrons. The predicted octanol–water partition coefficient (Wildman–Crippen LogP) is 2.36. The molecule has 2 aromatic rings. The highest BCUT2D eigenvalue weighted by Crippen LogP contribution is 1.98. The molecular weight excluding hydrogens is 136 g/mol. The number of fused-ring (bicyclic) bond motifs is 1. The van der Waals surface area contributed by atoms with Crippen molar-refractivity contribution in [3.05, 3.63) is 36.7 Å². The fraction of sp³-hybridized carbons (Fsp3) is 0.222. The summed E-state index contributed by atoms with van der Waals surface area (Å²) in [6.07, 6.45) is 3.71. The Morgan fingerprint density at radius 1 is 1.18 bits per heavy atom. The minimum Gasteiger partial charge on any atom is -0.241 e. The fourth-order valence-corrected chi connectivity index (χ4v) is 0.866. The van der Waals surface area contributed by atoms with Gasteiger partial charge in [0.2, 0.25) is 0 Å². The second kappa shape index (κ2) is 3.76. The van der Waals surface area contributed by atoms with Crippen molar-refractivity contribution in [3.8, 4) is 0 Å². The quantitative estimate of drug-likeness (QED) is 0.560. The minimum atomic E-state index is 1.14. The first-order valence-electron chi connectivity index (χ1n) is 3.85. The topological polar surface area (TPSA) is 17.3 Å². The van der Waals surface area contributed by atoms with Crippen LogP contribution < -0.4 is 0 Å². The lowest BCUT2D eigenvalue weighted by molar-refractivity contribution is 0.961. The van der Waals surface area contributed by atoms with E-state index >= 15 is 0 Å². The molecule has 0 aliphatic heterocycles. The molecule has 0 saturated carbocycles. The van der Waals surface area contributed by atoms with Crippen molar-refractivity contribution in [2.24, 2.45) is 0 Å². The molecule has 0 fully saturated rings. The van der Waals surface area contributed by atoms with Gasteiger partial charge < -0.3 is 0 Å². The van der Waals surface area contributed by atoms with Crippen molar-refractivity contribution in [1.29, 1.82) is 0 Å². The van der Waals surface area contributed by atoms with Crippen LogP contribution in [0.2, 0.25) is 0 Å². The minimum absolute atomic E-state index is 1.14. The largest absolute Gasteiger partial charge is 0.241 e. The van der Waals surface area contributed by atoms with Gasteiger partial charge in [-0.15, -0.1) is 0 Å². The smallest absolute Gasteiger partial charge is 0.0661 e. The summed E-state index contributed by atoms with van der Waals surface area (Å²) in [6, 6.07) is 7.95. The first-order valence-corrected chi connectivity index (χ1v) is 3.85. The third kappa shape index (κ3) is 1.58. The predicted molar refractivity (Wildman–Crippen MR) is 46.5 cm³/mol. The lowest BCUT2D eigenvalue weighted by Crippen LogP contribution is -1.81. The number of hydrogen-bond acceptors (Lipinski definition) is 1. The Hall–Kier alpha value is -1.31. The molecule has 0 aromatic carbocycles. The molecule has 58 valence electrons. The third-order valence-corrected chi connectivity index (χ3v) is 1.31. The monoisotopic (exact) mass is 148 g/mol. The first kappa shape index (κ1) is 7.79. The van der Waals surface area contributed by atoms with Gasteiger partial charge in [-0.25, -0.2) is 4.52 Å². The molecule has 2 rings (SSSR count). The average molecular weight is 148 g/mol.